The third-order valence-electron chi connectivity index (χ3n) is 2.63. The number of furan rings is 1. The van der Waals surface area contributed by atoms with Gasteiger partial charge < -0.3 is 9.73 Å². The van der Waals surface area contributed by atoms with Crippen molar-refractivity contribution in [3.05, 3.63) is 59.4 Å². The van der Waals surface area contributed by atoms with Gasteiger partial charge >= 0.3 is 0 Å². The van der Waals surface area contributed by atoms with Gasteiger partial charge in [-0.15, -0.1) is 0 Å². The zero-order chi connectivity index (χ0) is 13.2. The van der Waals surface area contributed by atoms with Gasteiger partial charge in [-0.25, -0.2) is 0 Å². The molecule has 0 bridgehead atoms. The molecule has 2 aromatic heterocycles. The molecular weight excluding hydrogens is 264 g/mol. The molecule has 0 saturated heterocycles. The molecule has 0 spiro atoms. The van der Waals surface area contributed by atoms with Gasteiger partial charge in [-0.3, -0.25) is 9.78 Å². The molecule has 0 aliphatic heterocycles. The van der Waals surface area contributed by atoms with Gasteiger partial charge in [0.1, 0.15) is 5.52 Å². The second-order valence-corrected chi connectivity index (χ2v) is 4.34. The molecule has 3 aromatic rings. The molecule has 1 amide bonds. The monoisotopic (exact) mass is 272 g/mol. The van der Waals surface area contributed by atoms with Crippen LogP contribution in [0.25, 0.3) is 11.1 Å². The molecule has 0 fully saturated rings. The highest BCUT2D eigenvalue weighted by molar-refractivity contribution is 6.33. The van der Waals surface area contributed by atoms with Gasteiger partial charge in [-0.1, -0.05) is 23.7 Å². The molecule has 4 nitrogen and oxygen atoms in total. The Labute approximate surface area is 114 Å². The van der Waals surface area contributed by atoms with E-state index in [1.165, 1.54) is 0 Å². The Kier molecular flexibility index (Phi) is 2.93. The van der Waals surface area contributed by atoms with E-state index in [2.05, 4.69) is 10.3 Å². The number of rotatable bonds is 2. The number of benzene rings is 1. The van der Waals surface area contributed by atoms with Crippen molar-refractivity contribution in [2.24, 2.45) is 0 Å². The molecule has 0 radical (unpaired) electrons. The molecular formula is C14H9ClN2O2. The minimum Gasteiger partial charge on any atom is -0.449 e. The topological polar surface area (TPSA) is 55.1 Å². The van der Waals surface area contributed by atoms with Crippen LogP contribution in [-0.4, -0.2) is 10.9 Å². The maximum absolute atomic E-state index is 12.0. The summed E-state index contributed by atoms with van der Waals surface area (Å²) in [6.45, 7) is 0. The smallest absolute Gasteiger partial charge is 0.291 e. The number of pyridine rings is 1. The molecule has 2 heterocycles. The Hall–Kier alpha value is -2.33. The lowest BCUT2D eigenvalue weighted by atomic mass is 10.3. The number of para-hydroxylation sites is 1. The van der Waals surface area contributed by atoms with E-state index >= 15 is 0 Å². The van der Waals surface area contributed by atoms with E-state index in [1.807, 2.05) is 0 Å². The first-order chi connectivity index (χ1) is 9.24. The summed E-state index contributed by atoms with van der Waals surface area (Å²) < 4.78 is 5.42. The summed E-state index contributed by atoms with van der Waals surface area (Å²) in [4.78, 5) is 16.2. The number of amides is 1. The fraction of sp³-hybridized carbons (Fsp3) is 0. The summed E-state index contributed by atoms with van der Waals surface area (Å²) in [6.07, 6.45) is 1.65. The first-order valence-electron chi connectivity index (χ1n) is 5.64. The van der Waals surface area contributed by atoms with E-state index in [0.29, 0.717) is 21.8 Å². The molecule has 1 N–H and O–H groups in total. The highest BCUT2D eigenvalue weighted by Crippen LogP contribution is 2.22. The number of halogens is 1. The van der Waals surface area contributed by atoms with Gasteiger partial charge in [-0.2, -0.15) is 0 Å². The number of carbonyl (C=O) groups is 1. The summed E-state index contributed by atoms with van der Waals surface area (Å²) in [5.41, 5.74) is 1.76. The Bertz CT molecular complexity index is 719. The highest BCUT2D eigenvalue weighted by atomic mass is 35.5. The number of hydrogen-bond donors (Lipinski definition) is 1. The number of carbonyl (C=O) groups excluding carboxylic acids is 1. The van der Waals surface area contributed by atoms with Crippen LogP contribution in [0.4, 0.5) is 5.69 Å². The van der Waals surface area contributed by atoms with Gasteiger partial charge in [-0.05, 0) is 24.3 Å². The summed E-state index contributed by atoms with van der Waals surface area (Å²) in [7, 11) is 0. The zero-order valence-electron chi connectivity index (χ0n) is 9.76. The van der Waals surface area contributed by atoms with E-state index in [0.717, 1.165) is 0 Å². The lowest BCUT2D eigenvalue weighted by Crippen LogP contribution is -2.10. The minimum atomic E-state index is -0.355. The molecule has 94 valence electrons. The van der Waals surface area contributed by atoms with Gasteiger partial charge in [0.15, 0.2) is 11.3 Å². The summed E-state index contributed by atoms with van der Waals surface area (Å²) >= 11 is 5.98. The molecule has 0 saturated carbocycles. The number of nitrogens with zero attached hydrogens (tertiary/aromatic N) is 1. The highest BCUT2D eigenvalue weighted by Gasteiger charge is 2.13. The fourth-order valence-corrected chi connectivity index (χ4v) is 1.91. The lowest BCUT2D eigenvalue weighted by molar-refractivity contribution is 0.0998. The maximum atomic E-state index is 12.0. The van der Waals surface area contributed by atoms with Gasteiger partial charge in [0.2, 0.25) is 0 Å². The quantitative estimate of drug-likeness (QED) is 0.773. The van der Waals surface area contributed by atoms with Gasteiger partial charge in [0, 0.05) is 12.3 Å². The van der Waals surface area contributed by atoms with Crippen molar-refractivity contribution in [2.45, 2.75) is 0 Å². The number of hydrogen-bond acceptors (Lipinski definition) is 3. The number of fused-ring (bicyclic) bond motifs is 1. The largest absolute Gasteiger partial charge is 0.449 e. The van der Waals surface area contributed by atoms with Crippen molar-refractivity contribution < 1.29 is 9.21 Å². The van der Waals surface area contributed by atoms with Crippen molar-refractivity contribution >= 4 is 34.3 Å². The predicted molar refractivity (Wildman–Crippen MR) is 73.4 cm³/mol. The second-order valence-electron chi connectivity index (χ2n) is 3.93. The van der Waals surface area contributed by atoms with Crippen LogP contribution in [0.15, 0.2) is 53.1 Å². The van der Waals surface area contributed by atoms with Crippen LogP contribution in [0.5, 0.6) is 0 Å². The van der Waals surface area contributed by atoms with Gasteiger partial charge in [0.05, 0.1) is 10.7 Å². The molecule has 0 aliphatic carbocycles. The predicted octanol–water partition coefficient (Wildman–Crippen LogP) is 3.73. The Balaban J connectivity index is 1.90. The third-order valence-corrected chi connectivity index (χ3v) is 2.96. The minimum absolute atomic E-state index is 0.202. The first kappa shape index (κ1) is 11.7. The second kappa shape index (κ2) is 4.74. The van der Waals surface area contributed by atoms with Crippen molar-refractivity contribution in [2.75, 3.05) is 5.32 Å². The van der Waals surface area contributed by atoms with Crippen molar-refractivity contribution in [1.82, 2.24) is 4.98 Å². The average Bonchev–Trinajstić information content (AvgIpc) is 2.85. The van der Waals surface area contributed by atoms with E-state index in [9.17, 15) is 4.79 Å². The Morgan fingerprint density at radius 1 is 1.21 bits per heavy atom. The first-order valence-corrected chi connectivity index (χ1v) is 6.02. The molecule has 0 atom stereocenters. The number of anilines is 1. The summed E-state index contributed by atoms with van der Waals surface area (Å²) in [5.74, 6) is -0.153. The molecule has 5 heteroatoms. The van der Waals surface area contributed by atoms with Crippen LogP contribution >= 0.6 is 11.6 Å². The van der Waals surface area contributed by atoms with E-state index in [1.54, 1.807) is 48.7 Å². The maximum Gasteiger partial charge on any atom is 0.291 e. The normalized spacial score (nSPS) is 10.6. The van der Waals surface area contributed by atoms with Crippen molar-refractivity contribution in [3.8, 4) is 0 Å². The Morgan fingerprint density at radius 3 is 2.84 bits per heavy atom. The molecule has 0 unspecified atom stereocenters. The van der Waals surface area contributed by atoms with Crippen molar-refractivity contribution in [3.63, 3.8) is 0 Å². The average molecular weight is 273 g/mol. The van der Waals surface area contributed by atoms with E-state index in [4.69, 9.17) is 16.0 Å². The number of nitrogens with one attached hydrogen (secondary N) is 1. The SMILES string of the molecule is O=C(Nc1ccccc1Cl)c1cc2ncccc2o1. The van der Waals surface area contributed by atoms with Crippen LogP contribution in [-0.2, 0) is 0 Å². The van der Waals surface area contributed by atoms with Crippen LogP contribution in [0.3, 0.4) is 0 Å². The van der Waals surface area contributed by atoms with Crippen LogP contribution in [0.2, 0.25) is 5.02 Å². The van der Waals surface area contributed by atoms with Crippen LogP contribution in [0.1, 0.15) is 10.6 Å². The fourth-order valence-electron chi connectivity index (χ4n) is 1.73. The summed E-state index contributed by atoms with van der Waals surface area (Å²) in [6, 6.07) is 12.1. The van der Waals surface area contributed by atoms with E-state index in [-0.39, 0.29) is 11.7 Å². The standard InChI is InChI=1S/C14H9ClN2O2/c15-9-4-1-2-5-10(9)17-14(18)13-8-11-12(19-13)6-3-7-16-11/h1-8H,(H,17,18). The third kappa shape index (κ3) is 2.30. The van der Waals surface area contributed by atoms with Gasteiger partial charge in [0.25, 0.3) is 5.91 Å². The lowest BCUT2D eigenvalue weighted by Gasteiger charge is -2.04. The van der Waals surface area contributed by atoms with Crippen LogP contribution < -0.4 is 5.32 Å². The van der Waals surface area contributed by atoms with Crippen LogP contribution in [0, 0.1) is 0 Å². The Morgan fingerprint density at radius 2 is 2.05 bits per heavy atom. The molecule has 0 aliphatic rings. The molecule has 3 rings (SSSR count). The molecule has 19 heavy (non-hydrogen) atoms. The zero-order valence-corrected chi connectivity index (χ0v) is 10.5. The molecule has 1 aromatic carbocycles. The number of aromatic nitrogens is 1. The van der Waals surface area contributed by atoms with E-state index < -0.39 is 0 Å². The summed E-state index contributed by atoms with van der Waals surface area (Å²) in [5, 5.41) is 3.17. The van der Waals surface area contributed by atoms with Crippen molar-refractivity contribution in [1.29, 1.82) is 0 Å².